The summed E-state index contributed by atoms with van der Waals surface area (Å²) in [5.74, 6) is 0.150. The number of aromatic amines is 1. The van der Waals surface area contributed by atoms with Gasteiger partial charge in [-0.15, -0.1) is 0 Å². The number of aromatic nitrogens is 3. The van der Waals surface area contributed by atoms with E-state index in [4.69, 9.17) is 0 Å². The average Bonchev–Trinajstić information content (AvgIpc) is 3.28. The lowest BCUT2D eigenvalue weighted by Gasteiger charge is -2.42. The zero-order chi connectivity index (χ0) is 27.1. The Bertz CT molecular complexity index is 1510. The number of hydrogen-bond donors (Lipinski definition) is 2. The van der Waals surface area contributed by atoms with Crippen molar-refractivity contribution in [2.45, 2.75) is 39.0 Å². The molecule has 5 rings (SSSR count). The molecule has 1 unspecified atom stereocenters. The molecule has 38 heavy (non-hydrogen) atoms. The van der Waals surface area contributed by atoms with Gasteiger partial charge in [0.05, 0.1) is 21.2 Å². The summed E-state index contributed by atoms with van der Waals surface area (Å²) in [6, 6.07) is 15.4. The van der Waals surface area contributed by atoms with E-state index in [1.807, 2.05) is 18.2 Å². The van der Waals surface area contributed by atoms with Gasteiger partial charge >= 0.3 is 6.18 Å². The lowest BCUT2D eigenvalue weighted by Crippen LogP contribution is -2.49. The van der Waals surface area contributed by atoms with Crippen molar-refractivity contribution in [2.75, 3.05) is 18.4 Å². The van der Waals surface area contributed by atoms with E-state index in [1.165, 1.54) is 11.8 Å². The molecule has 3 heterocycles. The van der Waals surface area contributed by atoms with Crippen LogP contribution in [0.25, 0.3) is 22.2 Å². The minimum Gasteiger partial charge on any atom is -0.360 e. The Morgan fingerprint density at radius 2 is 1.97 bits per heavy atom. The highest BCUT2D eigenvalue weighted by Gasteiger charge is 2.37. The van der Waals surface area contributed by atoms with Crippen molar-refractivity contribution in [2.24, 2.45) is 5.41 Å². The molecule has 0 aliphatic carbocycles. The molecule has 2 aromatic carbocycles. The van der Waals surface area contributed by atoms with Crippen LogP contribution in [0.5, 0.6) is 0 Å². The predicted molar refractivity (Wildman–Crippen MR) is 144 cm³/mol. The van der Waals surface area contributed by atoms with Crippen LogP contribution < -0.4 is 5.32 Å². The highest BCUT2D eigenvalue weighted by Crippen LogP contribution is 2.40. The van der Waals surface area contributed by atoms with Crippen LogP contribution in [-0.2, 0) is 12.7 Å². The van der Waals surface area contributed by atoms with Crippen LogP contribution in [-0.4, -0.2) is 39.0 Å². The van der Waals surface area contributed by atoms with Crippen molar-refractivity contribution in [1.82, 2.24) is 19.9 Å². The minimum absolute atomic E-state index is 0.000996. The largest absolute Gasteiger partial charge is 0.419 e. The van der Waals surface area contributed by atoms with Crippen molar-refractivity contribution in [3.63, 3.8) is 0 Å². The molecule has 0 saturated carbocycles. The Morgan fingerprint density at radius 1 is 1.21 bits per heavy atom. The molecule has 0 radical (unpaired) electrons. The SMILES string of the molecule is CC1(C)CC(Nc2ncc(C(F)(F)F)c(-c3c[nH]c4c(Br)c(C#N)ccc34)n2)CN(Cc2ccccc2)C1. The monoisotopic (exact) mass is 582 g/mol. The van der Waals surface area contributed by atoms with Crippen LogP contribution >= 0.6 is 15.9 Å². The maximum atomic E-state index is 14.0. The number of alkyl halides is 3. The molecule has 1 atom stereocenters. The fourth-order valence-corrected chi connectivity index (χ4v) is 5.88. The molecule has 1 saturated heterocycles. The Labute approximate surface area is 227 Å². The Kier molecular flexibility index (Phi) is 6.92. The molecule has 2 N–H and O–H groups in total. The quantitative estimate of drug-likeness (QED) is 0.265. The van der Waals surface area contributed by atoms with Gasteiger partial charge in [0.2, 0.25) is 5.95 Å². The van der Waals surface area contributed by atoms with Crippen molar-refractivity contribution in [3.8, 4) is 17.3 Å². The number of anilines is 1. The molecule has 4 aromatic rings. The fourth-order valence-electron chi connectivity index (χ4n) is 5.33. The normalized spacial score (nSPS) is 17.9. The third-order valence-corrected chi connectivity index (χ3v) is 7.60. The first kappa shape index (κ1) is 26.2. The van der Waals surface area contributed by atoms with Gasteiger partial charge in [0.25, 0.3) is 0 Å². The minimum atomic E-state index is -4.64. The van der Waals surface area contributed by atoms with Crippen molar-refractivity contribution < 1.29 is 13.2 Å². The topological polar surface area (TPSA) is 80.6 Å². The molecule has 6 nitrogen and oxygen atoms in total. The number of fused-ring (bicyclic) bond motifs is 1. The second kappa shape index (κ2) is 10.0. The molecule has 1 aliphatic heterocycles. The van der Waals surface area contributed by atoms with Crippen LogP contribution in [0.1, 0.15) is 37.0 Å². The van der Waals surface area contributed by atoms with E-state index in [2.05, 4.69) is 73.1 Å². The van der Waals surface area contributed by atoms with Crippen LogP contribution in [0, 0.1) is 16.7 Å². The lowest BCUT2D eigenvalue weighted by molar-refractivity contribution is -0.137. The first-order chi connectivity index (χ1) is 18.0. The molecule has 1 fully saturated rings. The van der Waals surface area contributed by atoms with Crippen LogP contribution in [0.2, 0.25) is 0 Å². The van der Waals surface area contributed by atoms with E-state index in [1.54, 1.807) is 12.1 Å². The van der Waals surface area contributed by atoms with Crippen molar-refractivity contribution >= 4 is 32.8 Å². The van der Waals surface area contributed by atoms with Gasteiger partial charge in [-0.2, -0.15) is 18.4 Å². The number of benzene rings is 2. The zero-order valence-electron chi connectivity index (χ0n) is 20.9. The van der Waals surface area contributed by atoms with Gasteiger partial charge in [-0.25, -0.2) is 9.97 Å². The third-order valence-electron chi connectivity index (χ3n) is 6.77. The van der Waals surface area contributed by atoms with Crippen molar-refractivity contribution in [3.05, 3.63) is 76.0 Å². The summed E-state index contributed by atoms with van der Waals surface area (Å²) < 4.78 is 42.6. The van der Waals surface area contributed by atoms with Gasteiger partial charge in [0.15, 0.2) is 0 Å². The molecule has 0 bridgehead atoms. The number of H-pyrrole nitrogens is 1. The number of rotatable bonds is 5. The molecule has 0 amide bonds. The third kappa shape index (κ3) is 5.40. The summed E-state index contributed by atoms with van der Waals surface area (Å²) in [4.78, 5) is 13.8. The van der Waals surface area contributed by atoms with Gasteiger partial charge in [-0.3, -0.25) is 4.90 Å². The standard InChI is InChI=1S/C28H26BrF3N6/c1-27(2)10-19(15-38(16-27)14-17-6-4-3-5-7-17)36-26-35-13-22(28(30,31)32)24(37-26)21-12-34-25-20(21)9-8-18(11-33)23(25)29/h3-9,12-13,19,34H,10,14-16H2,1-2H3,(H,35,36,37). The summed E-state index contributed by atoms with van der Waals surface area (Å²) in [6.45, 7) is 6.80. The van der Waals surface area contributed by atoms with Crippen LogP contribution in [0.4, 0.5) is 19.1 Å². The van der Waals surface area contributed by atoms with E-state index in [-0.39, 0.29) is 28.7 Å². The highest BCUT2D eigenvalue weighted by molar-refractivity contribution is 9.10. The number of nitrogens with one attached hydrogen (secondary N) is 2. The Morgan fingerprint density at radius 3 is 2.68 bits per heavy atom. The number of nitrogens with zero attached hydrogens (tertiary/aromatic N) is 4. The van der Waals surface area contributed by atoms with Gasteiger partial charge in [-0.1, -0.05) is 50.2 Å². The molecule has 10 heteroatoms. The highest BCUT2D eigenvalue weighted by atomic mass is 79.9. The van der Waals surface area contributed by atoms with Gasteiger partial charge in [-0.05, 0) is 39.4 Å². The molecule has 0 spiro atoms. The average molecular weight is 583 g/mol. The van der Waals surface area contributed by atoms with E-state index in [0.717, 1.165) is 32.3 Å². The summed E-state index contributed by atoms with van der Waals surface area (Å²) in [7, 11) is 0. The van der Waals surface area contributed by atoms with Gasteiger partial charge in [0.1, 0.15) is 11.6 Å². The number of likely N-dealkylation sites (tertiary alicyclic amines) is 1. The second-order valence-electron chi connectivity index (χ2n) is 10.5. The Balaban J connectivity index is 1.48. The van der Waals surface area contributed by atoms with E-state index in [9.17, 15) is 18.4 Å². The molecule has 2 aromatic heterocycles. The lowest BCUT2D eigenvalue weighted by atomic mass is 9.81. The number of piperidine rings is 1. The first-order valence-electron chi connectivity index (χ1n) is 12.2. The van der Waals surface area contributed by atoms with Gasteiger partial charge in [0, 0.05) is 49.0 Å². The van der Waals surface area contributed by atoms with Crippen LogP contribution in [0.15, 0.2) is 59.3 Å². The first-order valence-corrected chi connectivity index (χ1v) is 13.0. The molecule has 1 aliphatic rings. The number of nitriles is 1. The smallest absolute Gasteiger partial charge is 0.360 e. The molecule has 196 valence electrons. The van der Waals surface area contributed by atoms with E-state index >= 15 is 0 Å². The summed E-state index contributed by atoms with van der Waals surface area (Å²) in [5, 5.41) is 13.2. The predicted octanol–water partition coefficient (Wildman–Crippen LogP) is 6.99. The fraction of sp³-hybridized carbons (Fsp3) is 0.321. The van der Waals surface area contributed by atoms with E-state index < -0.39 is 11.7 Å². The van der Waals surface area contributed by atoms with Crippen molar-refractivity contribution in [1.29, 1.82) is 5.26 Å². The Hall–Kier alpha value is -3.42. The number of halogens is 4. The number of hydrogen-bond acceptors (Lipinski definition) is 5. The maximum absolute atomic E-state index is 14.0. The molecular weight excluding hydrogens is 557 g/mol. The second-order valence-corrected chi connectivity index (χ2v) is 11.3. The summed E-state index contributed by atoms with van der Waals surface area (Å²) in [6.07, 6.45) is -1.48. The summed E-state index contributed by atoms with van der Waals surface area (Å²) in [5.41, 5.74) is 1.28. The maximum Gasteiger partial charge on any atom is 0.419 e. The zero-order valence-corrected chi connectivity index (χ0v) is 22.5. The summed E-state index contributed by atoms with van der Waals surface area (Å²) >= 11 is 3.38. The van der Waals surface area contributed by atoms with Crippen LogP contribution in [0.3, 0.4) is 0 Å². The van der Waals surface area contributed by atoms with Gasteiger partial charge < -0.3 is 10.3 Å². The molecular formula is C28H26BrF3N6. The van der Waals surface area contributed by atoms with E-state index in [0.29, 0.717) is 20.9 Å².